The Balaban J connectivity index is 0.000000305. The topological polar surface area (TPSA) is 240 Å². The largest absolute Gasteiger partial charge is 0.484 e. The molecular formula is C49H54ClFN10O9. The number of hydrogen-bond acceptors (Lipinski definition) is 16. The van der Waals surface area contributed by atoms with Crippen LogP contribution in [0.5, 0.6) is 11.5 Å². The van der Waals surface area contributed by atoms with Crippen LogP contribution in [0.1, 0.15) is 66.5 Å². The van der Waals surface area contributed by atoms with Crippen molar-refractivity contribution in [2.75, 3.05) is 23.8 Å². The Bertz CT molecular complexity index is 3220. The van der Waals surface area contributed by atoms with Crippen LogP contribution in [0.15, 0.2) is 99.7 Å². The highest BCUT2D eigenvalue weighted by Gasteiger charge is 2.23. The molecule has 70 heavy (non-hydrogen) atoms. The molecule has 5 heterocycles. The summed E-state index contributed by atoms with van der Waals surface area (Å²) in [5.74, 6) is 0.528. The van der Waals surface area contributed by atoms with Gasteiger partial charge in [-0.2, -0.15) is 20.0 Å². The van der Waals surface area contributed by atoms with E-state index in [2.05, 4.69) is 35.9 Å². The molecule has 7 rings (SSSR count). The van der Waals surface area contributed by atoms with Gasteiger partial charge in [-0.05, 0) is 87.2 Å². The molecule has 0 spiro atoms. The smallest absolute Gasteiger partial charge is 0.302 e. The van der Waals surface area contributed by atoms with Crippen LogP contribution in [0.3, 0.4) is 0 Å². The molecule has 0 fully saturated rings. The molecule has 19 nitrogen and oxygen atoms in total. The number of pyridine rings is 2. The van der Waals surface area contributed by atoms with E-state index in [1.54, 1.807) is 76.2 Å². The molecule has 0 aliphatic heterocycles. The number of aliphatic hydroxyl groups is 2. The number of aryl methyl sites for hydroxylation is 2. The molecule has 0 aliphatic rings. The van der Waals surface area contributed by atoms with Gasteiger partial charge < -0.3 is 35.1 Å². The van der Waals surface area contributed by atoms with E-state index in [0.29, 0.717) is 45.3 Å². The quantitative estimate of drug-likeness (QED) is 0.0834. The molecule has 368 valence electrons. The minimum atomic E-state index is -0.803. The average Bonchev–Trinajstić information content (AvgIpc) is 3.29. The maximum absolute atomic E-state index is 15.5. The summed E-state index contributed by atoms with van der Waals surface area (Å²) < 4.78 is 35.5. The number of halogens is 2. The number of anilines is 4. The van der Waals surface area contributed by atoms with Crippen molar-refractivity contribution >= 4 is 51.4 Å². The van der Waals surface area contributed by atoms with Crippen LogP contribution >= 0.6 is 11.6 Å². The van der Waals surface area contributed by atoms with Crippen LogP contribution in [0, 0.1) is 5.82 Å². The van der Waals surface area contributed by atoms with Gasteiger partial charge in [0, 0.05) is 43.6 Å². The van der Waals surface area contributed by atoms with Crippen molar-refractivity contribution in [1.29, 1.82) is 0 Å². The van der Waals surface area contributed by atoms with Gasteiger partial charge in [-0.1, -0.05) is 44.5 Å². The predicted octanol–water partition coefficient (Wildman–Crippen LogP) is 6.66. The fourth-order valence-electron chi connectivity index (χ4n) is 6.68. The van der Waals surface area contributed by atoms with Crippen molar-refractivity contribution in [3.8, 4) is 28.4 Å². The average molecular weight is 981 g/mol. The number of nitrogens with one attached hydrogen (secondary N) is 2. The summed E-state index contributed by atoms with van der Waals surface area (Å²) in [6.07, 6.45) is 4.40. The lowest BCUT2D eigenvalue weighted by molar-refractivity contribution is -0.142. The zero-order chi connectivity index (χ0) is 51.3. The summed E-state index contributed by atoms with van der Waals surface area (Å²) in [4.78, 5) is 59.2. The Morgan fingerprint density at radius 3 is 1.81 bits per heavy atom. The number of benzene rings is 2. The van der Waals surface area contributed by atoms with Gasteiger partial charge in [0.2, 0.25) is 0 Å². The number of aromatic nitrogens is 8. The van der Waals surface area contributed by atoms with Gasteiger partial charge in [-0.15, -0.1) is 0 Å². The standard InChI is InChI=1S/C35H37FN6O6.C14H17ClN4O3/c1-20(44)47-18-25-24(9-8-10-29(25)42-33(46)31-21(16-38-42)13-22(14-26(31)36)34(2,3)4)27-15-28(32(45)41(7)40-27)39-30-12-11-23(17-37-30)48-35(5,6)19-43;1-14(2,8-20)22-9-4-5-12(16-7-9)17-10-6-11(15)18-19(3)13(10)21/h8-17,43H,18-19H2,1-7H3,(H,37,39);4-7,20H,8H2,1-3H3,(H,16,17). The molecular weight excluding hydrogens is 927 g/mol. The Morgan fingerprint density at radius 2 is 1.30 bits per heavy atom. The first kappa shape index (κ1) is 51.8. The van der Waals surface area contributed by atoms with Crippen molar-refractivity contribution in [3.63, 3.8) is 0 Å². The second kappa shape index (κ2) is 21.0. The molecule has 0 atom stereocenters. The Kier molecular flexibility index (Phi) is 15.5. The molecule has 0 saturated carbocycles. The van der Waals surface area contributed by atoms with E-state index in [9.17, 15) is 29.4 Å². The number of hydrogen-bond donors (Lipinski definition) is 4. The summed E-state index contributed by atoms with van der Waals surface area (Å²) in [5, 5.41) is 37.6. The fourth-order valence-corrected chi connectivity index (χ4v) is 6.90. The first-order valence-electron chi connectivity index (χ1n) is 21.7. The minimum Gasteiger partial charge on any atom is -0.484 e. The lowest BCUT2D eigenvalue weighted by Crippen LogP contribution is -2.32. The van der Waals surface area contributed by atoms with Gasteiger partial charge in [0.15, 0.2) is 5.15 Å². The van der Waals surface area contributed by atoms with Gasteiger partial charge in [0.05, 0.1) is 48.6 Å². The molecule has 0 aliphatic carbocycles. The maximum Gasteiger partial charge on any atom is 0.302 e. The molecule has 7 aromatic rings. The van der Waals surface area contributed by atoms with Crippen LogP contribution in [0.4, 0.5) is 27.4 Å². The highest BCUT2D eigenvalue weighted by molar-refractivity contribution is 6.29. The van der Waals surface area contributed by atoms with Crippen molar-refractivity contribution in [1.82, 2.24) is 39.3 Å². The molecule has 0 bridgehead atoms. The number of rotatable bonds is 14. The summed E-state index contributed by atoms with van der Waals surface area (Å²) in [6, 6.07) is 17.7. The van der Waals surface area contributed by atoms with Crippen LogP contribution in [-0.4, -0.2) is 79.9 Å². The Morgan fingerprint density at radius 1 is 0.743 bits per heavy atom. The second-order valence-corrected chi connectivity index (χ2v) is 18.7. The number of carbonyl (C=O) groups is 1. The van der Waals surface area contributed by atoms with Crippen molar-refractivity contribution in [3.05, 3.63) is 138 Å². The molecule has 0 radical (unpaired) electrons. The van der Waals surface area contributed by atoms with Crippen LogP contribution in [0.25, 0.3) is 27.7 Å². The van der Waals surface area contributed by atoms with E-state index in [1.807, 2.05) is 20.8 Å². The van der Waals surface area contributed by atoms with Crippen LogP contribution < -0.4 is 36.8 Å². The lowest BCUT2D eigenvalue weighted by atomic mass is 9.86. The monoisotopic (exact) mass is 980 g/mol. The van der Waals surface area contributed by atoms with E-state index < -0.39 is 34.1 Å². The Labute approximate surface area is 406 Å². The summed E-state index contributed by atoms with van der Waals surface area (Å²) in [7, 11) is 3.00. The van der Waals surface area contributed by atoms with Gasteiger partial charge in [-0.25, -0.2) is 23.7 Å². The number of esters is 1. The van der Waals surface area contributed by atoms with Gasteiger partial charge in [-0.3, -0.25) is 19.2 Å². The second-order valence-electron chi connectivity index (χ2n) is 18.3. The normalized spacial score (nSPS) is 11.7. The highest BCUT2D eigenvalue weighted by atomic mass is 35.5. The third-order valence-corrected chi connectivity index (χ3v) is 10.6. The first-order valence-corrected chi connectivity index (χ1v) is 22.1. The zero-order valence-corrected chi connectivity index (χ0v) is 41.0. The summed E-state index contributed by atoms with van der Waals surface area (Å²) >= 11 is 5.83. The molecule has 0 unspecified atom stereocenters. The van der Waals surface area contributed by atoms with E-state index in [4.69, 9.17) is 25.8 Å². The fraction of sp³-hybridized carbons (Fsp3) is 0.327. The highest BCUT2D eigenvalue weighted by Crippen LogP contribution is 2.31. The van der Waals surface area contributed by atoms with E-state index in [-0.39, 0.29) is 58.4 Å². The minimum absolute atomic E-state index is 0.113. The predicted molar refractivity (Wildman–Crippen MR) is 263 cm³/mol. The van der Waals surface area contributed by atoms with Gasteiger partial charge in [0.25, 0.3) is 16.7 Å². The van der Waals surface area contributed by atoms with Gasteiger partial charge >= 0.3 is 5.97 Å². The summed E-state index contributed by atoms with van der Waals surface area (Å²) in [5.41, 5.74) is -0.806. The third-order valence-electron chi connectivity index (χ3n) is 10.4. The van der Waals surface area contributed by atoms with E-state index >= 15 is 4.39 Å². The van der Waals surface area contributed by atoms with Crippen LogP contribution in [0.2, 0.25) is 5.15 Å². The zero-order valence-electron chi connectivity index (χ0n) is 40.3. The molecule has 4 N–H and O–H groups in total. The molecule has 21 heteroatoms. The number of ether oxygens (including phenoxy) is 3. The van der Waals surface area contributed by atoms with Crippen molar-refractivity contribution in [2.45, 2.75) is 78.6 Å². The van der Waals surface area contributed by atoms with Gasteiger partial charge in [0.1, 0.15) is 58.1 Å². The van der Waals surface area contributed by atoms with Crippen molar-refractivity contribution in [2.24, 2.45) is 14.1 Å². The van der Waals surface area contributed by atoms with E-state index in [0.717, 1.165) is 19.6 Å². The first-order chi connectivity index (χ1) is 32.9. The lowest BCUT2D eigenvalue weighted by Gasteiger charge is -2.23. The third kappa shape index (κ3) is 12.6. The summed E-state index contributed by atoms with van der Waals surface area (Å²) in [6.45, 7) is 13.5. The van der Waals surface area contributed by atoms with E-state index in [1.165, 1.54) is 57.8 Å². The molecule has 2 aromatic carbocycles. The Hall–Kier alpha value is -7.55. The van der Waals surface area contributed by atoms with Crippen molar-refractivity contribution < 1.29 is 33.6 Å². The number of carbonyl (C=O) groups excluding carboxylic acids is 1. The SMILES string of the molecule is CC(=O)OCc1c(-c2cc(Nc3ccc(OC(C)(C)CO)cn3)c(=O)n(C)n2)cccc1-n1ncc2cc(C(C)(C)C)cc(F)c2c1=O.Cn1nc(Cl)cc(Nc2ccc(OC(C)(C)CO)cn2)c1=O. The number of fused-ring (bicyclic) bond motifs is 1. The molecule has 0 amide bonds. The molecule has 5 aromatic heterocycles. The maximum atomic E-state index is 15.5. The number of aliphatic hydroxyl groups excluding tert-OH is 2. The van der Waals surface area contributed by atoms with Crippen LogP contribution in [-0.2, 0) is 35.6 Å². The molecule has 0 saturated heterocycles. The number of nitrogens with zero attached hydrogens (tertiary/aromatic N) is 8.